The summed E-state index contributed by atoms with van der Waals surface area (Å²) in [6, 6.07) is 6.40. The summed E-state index contributed by atoms with van der Waals surface area (Å²) < 4.78 is 30.7. The third-order valence-electron chi connectivity index (χ3n) is 1.50. The highest BCUT2D eigenvalue weighted by molar-refractivity contribution is 7.11. The zero-order chi connectivity index (χ0) is 9.97. The third-order valence-corrected chi connectivity index (χ3v) is 2.18. The number of rotatable bonds is 2. The van der Waals surface area contributed by atoms with Crippen molar-refractivity contribution in [2.75, 3.05) is 0 Å². The van der Waals surface area contributed by atoms with Gasteiger partial charge in [-0.05, 0) is 12.1 Å². The van der Waals surface area contributed by atoms with Crippen LogP contribution in [0.15, 0.2) is 30.3 Å². The SMILES string of the molecule is Fc1cc(F)cc(Oc2cc[c]s2)c1. The second kappa shape index (κ2) is 3.75. The van der Waals surface area contributed by atoms with E-state index in [0.717, 1.165) is 18.2 Å². The van der Waals surface area contributed by atoms with Crippen LogP contribution in [0.25, 0.3) is 0 Å². The molecule has 0 saturated carbocycles. The van der Waals surface area contributed by atoms with Crippen molar-refractivity contribution in [1.29, 1.82) is 0 Å². The van der Waals surface area contributed by atoms with Gasteiger partial charge >= 0.3 is 0 Å². The molecule has 4 heteroatoms. The van der Waals surface area contributed by atoms with E-state index in [1.165, 1.54) is 11.3 Å². The summed E-state index contributed by atoms with van der Waals surface area (Å²) in [7, 11) is 0. The highest BCUT2D eigenvalue weighted by Gasteiger charge is 2.02. The molecular weight excluding hydrogens is 206 g/mol. The molecular formula is C10H5F2OS. The smallest absolute Gasteiger partial charge is 0.181 e. The maximum atomic E-state index is 12.7. The topological polar surface area (TPSA) is 9.23 Å². The van der Waals surface area contributed by atoms with E-state index in [1.807, 2.05) is 0 Å². The first kappa shape index (κ1) is 9.15. The Hall–Kier alpha value is -1.42. The van der Waals surface area contributed by atoms with Gasteiger partial charge in [-0.25, -0.2) is 8.78 Å². The maximum Gasteiger partial charge on any atom is 0.181 e. The summed E-state index contributed by atoms with van der Waals surface area (Å²) in [5, 5.41) is 3.36. The number of benzene rings is 1. The molecule has 2 aromatic rings. The first-order chi connectivity index (χ1) is 6.74. The van der Waals surface area contributed by atoms with E-state index in [-0.39, 0.29) is 5.75 Å². The molecule has 1 radical (unpaired) electrons. The zero-order valence-electron chi connectivity index (χ0n) is 6.96. The molecule has 1 nitrogen and oxygen atoms in total. The fourth-order valence-electron chi connectivity index (χ4n) is 0.987. The molecule has 2 rings (SSSR count). The van der Waals surface area contributed by atoms with Gasteiger partial charge < -0.3 is 4.74 Å². The lowest BCUT2D eigenvalue weighted by Crippen LogP contribution is -1.85. The van der Waals surface area contributed by atoms with E-state index in [0.29, 0.717) is 5.06 Å². The molecule has 0 saturated heterocycles. The summed E-state index contributed by atoms with van der Waals surface area (Å²) in [6.45, 7) is 0. The Bertz CT molecular complexity index is 405. The van der Waals surface area contributed by atoms with Gasteiger partial charge in [0.05, 0.1) is 0 Å². The van der Waals surface area contributed by atoms with Gasteiger partial charge in [-0.3, -0.25) is 0 Å². The van der Waals surface area contributed by atoms with Crippen LogP contribution < -0.4 is 4.74 Å². The van der Waals surface area contributed by atoms with Gasteiger partial charge in [-0.2, -0.15) is 0 Å². The fourth-order valence-corrected chi connectivity index (χ4v) is 1.51. The van der Waals surface area contributed by atoms with Crippen molar-refractivity contribution in [2.45, 2.75) is 0 Å². The van der Waals surface area contributed by atoms with Gasteiger partial charge in [-0.1, -0.05) is 11.3 Å². The van der Waals surface area contributed by atoms with Gasteiger partial charge in [0.15, 0.2) is 5.06 Å². The normalized spacial score (nSPS) is 10.1. The average Bonchev–Trinajstić information content (AvgIpc) is 2.54. The molecule has 0 bridgehead atoms. The molecule has 1 aromatic carbocycles. The van der Waals surface area contributed by atoms with Gasteiger partial charge in [0, 0.05) is 23.6 Å². The monoisotopic (exact) mass is 211 g/mol. The van der Waals surface area contributed by atoms with Crippen molar-refractivity contribution in [2.24, 2.45) is 0 Å². The van der Waals surface area contributed by atoms with Crippen LogP contribution in [0, 0.1) is 17.0 Å². The van der Waals surface area contributed by atoms with Gasteiger partial charge in [0.2, 0.25) is 0 Å². The molecule has 0 amide bonds. The standard InChI is InChI=1S/C10H5F2OS/c11-7-4-8(12)6-9(5-7)13-10-2-1-3-14-10/h1-2,4-6H. The summed E-state index contributed by atoms with van der Waals surface area (Å²) in [5.41, 5.74) is 0. The maximum absolute atomic E-state index is 12.7. The molecule has 0 atom stereocenters. The van der Waals surface area contributed by atoms with Crippen molar-refractivity contribution in [3.8, 4) is 10.8 Å². The predicted molar refractivity (Wildman–Crippen MR) is 49.6 cm³/mol. The third kappa shape index (κ3) is 2.09. The molecule has 1 heterocycles. The Labute approximate surface area is 83.6 Å². The predicted octanol–water partition coefficient (Wildman–Crippen LogP) is 3.62. The Morgan fingerprint density at radius 1 is 1.14 bits per heavy atom. The van der Waals surface area contributed by atoms with E-state index >= 15 is 0 Å². The van der Waals surface area contributed by atoms with E-state index in [1.54, 1.807) is 12.1 Å². The lowest BCUT2D eigenvalue weighted by molar-refractivity contribution is 0.480. The first-order valence-corrected chi connectivity index (χ1v) is 4.65. The minimum absolute atomic E-state index is 0.151. The lowest BCUT2D eigenvalue weighted by Gasteiger charge is -2.02. The molecule has 71 valence electrons. The van der Waals surface area contributed by atoms with E-state index in [9.17, 15) is 8.78 Å². The number of hydrogen-bond acceptors (Lipinski definition) is 2. The highest BCUT2D eigenvalue weighted by atomic mass is 32.1. The van der Waals surface area contributed by atoms with Crippen molar-refractivity contribution < 1.29 is 13.5 Å². The molecule has 0 spiro atoms. The Balaban J connectivity index is 2.25. The zero-order valence-corrected chi connectivity index (χ0v) is 7.78. The van der Waals surface area contributed by atoms with Gasteiger partial charge in [0.1, 0.15) is 17.4 Å². The van der Waals surface area contributed by atoms with E-state index in [4.69, 9.17) is 4.74 Å². The van der Waals surface area contributed by atoms with Crippen LogP contribution in [0.3, 0.4) is 0 Å². The first-order valence-electron chi connectivity index (χ1n) is 3.84. The van der Waals surface area contributed by atoms with Crippen LogP contribution in [0.4, 0.5) is 8.78 Å². The molecule has 1 aromatic heterocycles. The van der Waals surface area contributed by atoms with Crippen molar-refractivity contribution in [3.05, 3.63) is 47.3 Å². The fraction of sp³-hybridized carbons (Fsp3) is 0. The van der Waals surface area contributed by atoms with Crippen molar-refractivity contribution in [1.82, 2.24) is 0 Å². The minimum Gasteiger partial charge on any atom is -0.446 e. The summed E-state index contributed by atoms with van der Waals surface area (Å²) in [6.07, 6.45) is 0. The number of hydrogen-bond donors (Lipinski definition) is 0. The molecule has 0 N–H and O–H groups in total. The Morgan fingerprint density at radius 2 is 1.86 bits per heavy atom. The molecule has 0 aliphatic rings. The van der Waals surface area contributed by atoms with Crippen LogP contribution in [-0.4, -0.2) is 0 Å². The summed E-state index contributed by atoms with van der Waals surface area (Å²) in [5.74, 6) is -1.15. The van der Waals surface area contributed by atoms with Crippen LogP contribution in [0.1, 0.15) is 0 Å². The van der Waals surface area contributed by atoms with Gasteiger partial charge in [0.25, 0.3) is 0 Å². The van der Waals surface area contributed by atoms with Crippen LogP contribution in [0.5, 0.6) is 10.8 Å². The van der Waals surface area contributed by atoms with Crippen LogP contribution in [0.2, 0.25) is 0 Å². The van der Waals surface area contributed by atoms with Crippen molar-refractivity contribution in [3.63, 3.8) is 0 Å². The van der Waals surface area contributed by atoms with E-state index < -0.39 is 11.6 Å². The average molecular weight is 211 g/mol. The minimum atomic E-state index is -0.652. The van der Waals surface area contributed by atoms with Crippen LogP contribution >= 0.6 is 11.3 Å². The number of ether oxygens (including phenoxy) is 1. The largest absolute Gasteiger partial charge is 0.446 e. The summed E-state index contributed by atoms with van der Waals surface area (Å²) >= 11 is 1.24. The molecule has 0 fully saturated rings. The summed E-state index contributed by atoms with van der Waals surface area (Å²) in [4.78, 5) is 0. The molecule has 14 heavy (non-hydrogen) atoms. The molecule has 0 unspecified atom stereocenters. The highest BCUT2D eigenvalue weighted by Crippen LogP contribution is 2.26. The van der Waals surface area contributed by atoms with Crippen molar-refractivity contribution >= 4 is 11.3 Å². The second-order valence-electron chi connectivity index (χ2n) is 2.58. The van der Waals surface area contributed by atoms with Crippen LogP contribution in [-0.2, 0) is 0 Å². The molecule has 0 aliphatic heterocycles. The second-order valence-corrected chi connectivity index (χ2v) is 3.42. The Kier molecular flexibility index (Phi) is 2.45. The number of thiophene rings is 1. The Morgan fingerprint density at radius 3 is 2.43 bits per heavy atom. The van der Waals surface area contributed by atoms with Gasteiger partial charge in [-0.15, -0.1) is 0 Å². The quantitative estimate of drug-likeness (QED) is 0.737. The lowest BCUT2D eigenvalue weighted by atomic mass is 10.3. The number of halogens is 2. The molecule has 0 aliphatic carbocycles. The van der Waals surface area contributed by atoms with E-state index in [2.05, 4.69) is 5.38 Å².